The highest BCUT2D eigenvalue weighted by atomic mass is 127. The van der Waals surface area contributed by atoms with Gasteiger partial charge in [-0.1, -0.05) is 6.07 Å². The molecule has 0 spiro atoms. The van der Waals surface area contributed by atoms with Crippen LogP contribution in [0.5, 0.6) is 11.5 Å². The van der Waals surface area contributed by atoms with Crippen LogP contribution in [0.3, 0.4) is 0 Å². The van der Waals surface area contributed by atoms with E-state index in [4.69, 9.17) is 9.47 Å². The molecule has 1 aliphatic rings. The summed E-state index contributed by atoms with van der Waals surface area (Å²) in [6, 6.07) is 9.34. The van der Waals surface area contributed by atoms with E-state index in [0.29, 0.717) is 12.4 Å². The van der Waals surface area contributed by atoms with Crippen molar-refractivity contribution in [2.75, 3.05) is 21.3 Å². The van der Waals surface area contributed by atoms with Gasteiger partial charge in [-0.2, -0.15) is 0 Å². The number of ether oxygens (including phenoxy) is 2. The molecular weight excluding hydrogens is 491 g/mol. The minimum absolute atomic E-state index is 0. The quantitative estimate of drug-likeness (QED) is 0.340. The first kappa shape index (κ1) is 23.2. The lowest BCUT2D eigenvalue weighted by atomic mass is 10.1. The van der Waals surface area contributed by atoms with Gasteiger partial charge in [0.25, 0.3) is 0 Å². The first-order chi connectivity index (χ1) is 13.5. The largest absolute Gasteiger partial charge is 0.497 e. The Hall–Kier alpha value is -2.10. The van der Waals surface area contributed by atoms with Crippen LogP contribution in [0.1, 0.15) is 36.4 Å². The van der Waals surface area contributed by atoms with E-state index in [9.17, 15) is 8.78 Å². The summed E-state index contributed by atoms with van der Waals surface area (Å²) in [7, 11) is 4.88. The molecular formula is C21H26F2IN3O2. The fourth-order valence-corrected chi connectivity index (χ4v) is 3.35. The van der Waals surface area contributed by atoms with Gasteiger partial charge in [0.2, 0.25) is 0 Å². The van der Waals surface area contributed by atoms with Gasteiger partial charge in [-0.25, -0.2) is 8.78 Å². The molecule has 0 heterocycles. The monoisotopic (exact) mass is 517 g/mol. The maximum atomic E-state index is 14.0. The molecule has 0 amide bonds. The standard InChI is InChI=1S/C21H25F2N3O2.HI/c1-12(14-10-13(27-3)8-9-19(14)28-4)25-21(24-2)26-18-11-15(18)20-16(22)6-5-7-17(20)23;/h5-10,12,15,18H,11H2,1-4H3,(H2,24,25,26);1H. The third-order valence-electron chi connectivity index (χ3n) is 4.96. The summed E-state index contributed by atoms with van der Waals surface area (Å²) in [4.78, 5) is 4.24. The van der Waals surface area contributed by atoms with E-state index in [1.165, 1.54) is 18.2 Å². The zero-order chi connectivity index (χ0) is 20.3. The Morgan fingerprint density at radius 3 is 2.41 bits per heavy atom. The van der Waals surface area contributed by atoms with Gasteiger partial charge in [-0.3, -0.25) is 4.99 Å². The highest BCUT2D eigenvalue weighted by Gasteiger charge is 2.42. The summed E-state index contributed by atoms with van der Waals surface area (Å²) in [6.07, 6.45) is 0.648. The Bertz CT molecular complexity index is 859. The van der Waals surface area contributed by atoms with Crippen molar-refractivity contribution in [2.45, 2.75) is 31.3 Å². The number of guanidine groups is 1. The number of halogens is 3. The topological polar surface area (TPSA) is 54.9 Å². The molecule has 1 fully saturated rings. The Kier molecular flexibility index (Phi) is 8.06. The first-order valence-corrected chi connectivity index (χ1v) is 9.14. The Morgan fingerprint density at radius 2 is 1.83 bits per heavy atom. The van der Waals surface area contributed by atoms with Crippen molar-refractivity contribution in [3.05, 3.63) is 59.2 Å². The Labute approximate surface area is 186 Å². The number of nitrogens with zero attached hydrogens (tertiary/aromatic N) is 1. The zero-order valence-corrected chi connectivity index (χ0v) is 19.2. The number of rotatable bonds is 6. The molecule has 0 bridgehead atoms. The van der Waals surface area contributed by atoms with Gasteiger partial charge in [-0.15, -0.1) is 24.0 Å². The van der Waals surface area contributed by atoms with Crippen LogP contribution in [-0.4, -0.2) is 33.3 Å². The number of methoxy groups -OCH3 is 2. The Balaban J connectivity index is 0.00000300. The van der Waals surface area contributed by atoms with Crippen molar-refractivity contribution in [1.82, 2.24) is 10.6 Å². The van der Waals surface area contributed by atoms with Crippen LogP contribution in [0.4, 0.5) is 8.78 Å². The lowest BCUT2D eigenvalue weighted by Crippen LogP contribution is -2.40. The van der Waals surface area contributed by atoms with E-state index in [1.807, 2.05) is 25.1 Å². The molecule has 3 rings (SSSR count). The van der Waals surface area contributed by atoms with Crippen LogP contribution in [0.2, 0.25) is 0 Å². The minimum atomic E-state index is -0.508. The number of benzene rings is 2. The van der Waals surface area contributed by atoms with Crippen LogP contribution in [0, 0.1) is 11.6 Å². The SMILES string of the molecule is CN=C(NC(C)c1cc(OC)ccc1OC)NC1CC1c1c(F)cccc1F.I. The van der Waals surface area contributed by atoms with Crippen LogP contribution in [-0.2, 0) is 0 Å². The molecule has 0 saturated heterocycles. The Morgan fingerprint density at radius 1 is 1.14 bits per heavy atom. The van der Waals surface area contributed by atoms with Crippen molar-refractivity contribution >= 4 is 29.9 Å². The molecule has 158 valence electrons. The smallest absolute Gasteiger partial charge is 0.191 e. The molecule has 0 aromatic heterocycles. The molecule has 1 aliphatic carbocycles. The van der Waals surface area contributed by atoms with Crippen LogP contribution < -0.4 is 20.1 Å². The highest BCUT2D eigenvalue weighted by molar-refractivity contribution is 14.0. The third-order valence-corrected chi connectivity index (χ3v) is 4.96. The summed E-state index contributed by atoms with van der Waals surface area (Å²) >= 11 is 0. The van der Waals surface area contributed by atoms with Gasteiger partial charge in [-0.05, 0) is 43.7 Å². The fraction of sp³-hybridized carbons (Fsp3) is 0.381. The van der Waals surface area contributed by atoms with Gasteiger partial charge < -0.3 is 20.1 Å². The number of aliphatic imine (C=N–C) groups is 1. The molecule has 29 heavy (non-hydrogen) atoms. The second kappa shape index (κ2) is 10.1. The molecule has 1 saturated carbocycles. The third kappa shape index (κ3) is 5.29. The van der Waals surface area contributed by atoms with E-state index in [2.05, 4.69) is 15.6 Å². The van der Waals surface area contributed by atoms with Crippen molar-refractivity contribution in [1.29, 1.82) is 0 Å². The van der Waals surface area contributed by atoms with Gasteiger partial charge >= 0.3 is 0 Å². The van der Waals surface area contributed by atoms with E-state index < -0.39 is 11.6 Å². The second-order valence-electron chi connectivity index (χ2n) is 6.77. The number of nitrogens with one attached hydrogen (secondary N) is 2. The van der Waals surface area contributed by atoms with Crippen LogP contribution >= 0.6 is 24.0 Å². The van der Waals surface area contributed by atoms with Crippen LogP contribution in [0.15, 0.2) is 41.4 Å². The average molecular weight is 517 g/mol. The maximum Gasteiger partial charge on any atom is 0.191 e. The molecule has 3 unspecified atom stereocenters. The van der Waals surface area contributed by atoms with Crippen molar-refractivity contribution in [2.24, 2.45) is 4.99 Å². The number of hydrogen-bond acceptors (Lipinski definition) is 3. The van der Waals surface area contributed by atoms with E-state index in [-0.39, 0.29) is 47.5 Å². The first-order valence-electron chi connectivity index (χ1n) is 9.14. The highest BCUT2D eigenvalue weighted by Crippen LogP contribution is 2.43. The van der Waals surface area contributed by atoms with E-state index in [0.717, 1.165) is 17.1 Å². The molecule has 0 aliphatic heterocycles. The summed E-state index contributed by atoms with van der Waals surface area (Å²) in [5.74, 6) is 0.792. The number of hydrogen-bond donors (Lipinski definition) is 2. The van der Waals surface area contributed by atoms with Crippen molar-refractivity contribution < 1.29 is 18.3 Å². The minimum Gasteiger partial charge on any atom is -0.497 e. The van der Waals surface area contributed by atoms with Crippen molar-refractivity contribution in [3.8, 4) is 11.5 Å². The summed E-state index contributed by atoms with van der Waals surface area (Å²) in [5.41, 5.74) is 1.05. The summed E-state index contributed by atoms with van der Waals surface area (Å²) < 4.78 is 38.7. The molecule has 2 N–H and O–H groups in total. The zero-order valence-electron chi connectivity index (χ0n) is 16.8. The van der Waals surface area contributed by atoms with E-state index in [1.54, 1.807) is 21.3 Å². The predicted octanol–water partition coefficient (Wildman–Crippen LogP) is 4.38. The van der Waals surface area contributed by atoms with Gasteiger partial charge in [0, 0.05) is 30.1 Å². The summed E-state index contributed by atoms with van der Waals surface area (Å²) in [6.45, 7) is 1.98. The molecule has 3 atom stereocenters. The summed E-state index contributed by atoms with van der Waals surface area (Å²) in [5, 5.41) is 6.54. The molecule has 5 nitrogen and oxygen atoms in total. The van der Waals surface area contributed by atoms with Gasteiger partial charge in [0.1, 0.15) is 23.1 Å². The van der Waals surface area contributed by atoms with Gasteiger partial charge in [0.15, 0.2) is 5.96 Å². The second-order valence-corrected chi connectivity index (χ2v) is 6.77. The predicted molar refractivity (Wildman–Crippen MR) is 121 cm³/mol. The molecule has 2 aromatic carbocycles. The average Bonchev–Trinajstić information content (AvgIpc) is 3.45. The molecule has 2 aromatic rings. The van der Waals surface area contributed by atoms with Gasteiger partial charge in [0.05, 0.1) is 20.3 Å². The lowest BCUT2D eigenvalue weighted by molar-refractivity contribution is 0.394. The normalized spacial score (nSPS) is 19.0. The maximum absolute atomic E-state index is 14.0. The molecule has 0 radical (unpaired) electrons. The van der Waals surface area contributed by atoms with Crippen LogP contribution in [0.25, 0.3) is 0 Å². The lowest BCUT2D eigenvalue weighted by Gasteiger charge is -2.21. The fourth-order valence-electron chi connectivity index (χ4n) is 3.35. The van der Waals surface area contributed by atoms with Crippen molar-refractivity contribution in [3.63, 3.8) is 0 Å². The van der Waals surface area contributed by atoms with E-state index >= 15 is 0 Å². The molecule has 8 heteroatoms.